The van der Waals surface area contributed by atoms with Crippen LogP contribution in [0.15, 0.2) is 72.8 Å². The zero-order valence-corrected chi connectivity index (χ0v) is 19.6. The molecular weight excluding hydrogens is 430 g/mol. The van der Waals surface area contributed by atoms with E-state index in [1.54, 1.807) is 29.6 Å². The molecule has 1 atom stereocenters. The van der Waals surface area contributed by atoms with Crippen molar-refractivity contribution in [2.24, 2.45) is 0 Å². The van der Waals surface area contributed by atoms with E-state index < -0.39 is 17.7 Å². The molecule has 0 unspecified atom stereocenters. The quantitative estimate of drug-likeness (QED) is 0.305. The minimum absolute atomic E-state index is 0.0289. The van der Waals surface area contributed by atoms with Gasteiger partial charge in [0.05, 0.1) is 24.0 Å². The molecule has 2 heterocycles. The van der Waals surface area contributed by atoms with Gasteiger partial charge in [-0.05, 0) is 44.9 Å². The van der Waals surface area contributed by atoms with Crippen LogP contribution in [0, 0.1) is 6.92 Å². The molecule has 2 aromatic carbocycles. The van der Waals surface area contributed by atoms with Crippen LogP contribution in [-0.4, -0.2) is 43.9 Å². The number of Topliss-reactive ketones (excluding diaryl/α,β-unsaturated/α-hetero) is 1. The minimum Gasteiger partial charge on any atom is -0.507 e. The summed E-state index contributed by atoms with van der Waals surface area (Å²) in [4.78, 5) is 31.8. The normalized spacial score (nSPS) is 17.5. The topological polar surface area (TPSA) is 84.7 Å². The first-order chi connectivity index (χ1) is 16.3. The van der Waals surface area contributed by atoms with Gasteiger partial charge < -0.3 is 19.3 Å². The molecule has 4 rings (SSSR count). The van der Waals surface area contributed by atoms with Gasteiger partial charge in [-0.1, -0.05) is 42.0 Å². The Labute approximate surface area is 199 Å². The van der Waals surface area contributed by atoms with Gasteiger partial charge in [-0.3, -0.25) is 9.59 Å². The molecule has 0 saturated carbocycles. The fourth-order valence-corrected chi connectivity index (χ4v) is 4.17. The van der Waals surface area contributed by atoms with E-state index in [-0.39, 0.29) is 17.4 Å². The number of rotatable bonds is 8. The average Bonchev–Trinajstić information content (AvgIpc) is 3.42. The lowest BCUT2D eigenvalue weighted by atomic mass is 9.95. The van der Waals surface area contributed by atoms with Gasteiger partial charge in [0.15, 0.2) is 0 Å². The molecule has 1 aromatic heterocycles. The lowest BCUT2D eigenvalue weighted by molar-refractivity contribution is -0.139. The van der Waals surface area contributed by atoms with Gasteiger partial charge >= 0.3 is 0 Å². The van der Waals surface area contributed by atoms with Crippen LogP contribution in [0.4, 0.5) is 0 Å². The molecule has 7 nitrogen and oxygen atoms in total. The number of hydrogen-bond donors (Lipinski definition) is 1. The molecule has 3 aromatic rings. The van der Waals surface area contributed by atoms with Crippen molar-refractivity contribution in [2.75, 3.05) is 6.54 Å². The van der Waals surface area contributed by atoms with Crippen LogP contribution < -0.4 is 4.74 Å². The standard InChI is InChI=1S/C27H29N3O4/c1-18(2)34-22-11-9-20(10-12-22)24-23(25(31)21-7-5-19(3)6-8-21)26(32)27(33)30(24)15-4-14-29-16-13-28-17-29/h5-13,16-18,24,31H,4,14-15H2,1-3H3/b25-23+/t24-/m0/s1. The molecule has 0 aliphatic carbocycles. The van der Waals surface area contributed by atoms with Gasteiger partial charge in [-0.2, -0.15) is 0 Å². The highest BCUT2D eigenvalue weighted by Gasteiger charge is 2.45. The van der Waals surface area contributed by atoms with Gasteiger partial charge in [0, 0.05) is 31.0 Å². The fraction of sp³-hybridized carbons (Fsp3) is 0.296. The molecule has 1 amide bonds. The number of carbonyl (C=O) groups is 2. The number of aryl methyl sites for hydroxylation is 2. The third-order valence-electron chi connectivity index (χ3n) is 5.81. The number of nitrogens with zero attached hydrogens (tertiary/aromatic N) is 3. The summed E-state index contributed by atoms with van der Waals surface area (Å²) in [6.45, 7) is 6.87. The maximum atomic E-state index is 13.1. The molecule has 1 N–H and O–H groups in total. The number of carbonyl (C=O) groups excluding carboxylic acids is 2. The molecule has 0 bridgehead atoms. The van der Waals surface area contributed by atoms with Crippen molar-refractivity contribution in [1.29, 1.82) is 0 Å². The minimum atomic E-state index is -0.683. The molecular formula is C27H29N3O4. The number of likely N-dealkylation sites (tertiary alicyclic amines) is 1. The second-order valence-electron chi connectivity index (χ2n) is 8.75. The van der Waals surface area contributed by atoms with E-state index >= 15 is 0 Å². The Hall–Kier alpha value is -3.87. The number of aromatic nitrogens is 2. The Kier molecular flexibility index (Phi) is 6.82. The SMILES string of the molecule is Cc1ccc(/C(O)=C2\C(=O)C(=O)N(CCCn3ccnc3)[C@H]2c2ccc(OC(C)C)cc2)cc1. The molecule has 1 saturated heterocycles. The third kappa shape index (κ3) is 4.88. The summed E-state index contributed by atoms with van der Waals surface area (Å²) >= 11 is 0. The van der Waals surface area contributed by atoms with E-state index in [4.69, 9.17) is 4.74 Å². The monoisotopic (exact) mass is 459 g/mol. The molecule has 34 heavy (non-hydrogen) atoms. The summed E-state index contributed by atoms with van der Waals surface area (Å²) in [7, 11) is 0. The summed E-state index contributed by atoms with van der Waals surface area (Å²) in [5.41, 5.74) is 2.39. The van der Waals surface area contributed by atoms with Crippen LogP contribution in [-0.2, 0) is 16.1 Å². The molecule has 1 aliphatic heterocycles. The van der Waals surface area contributed by atoms with E-state index in [0.717, 1.165) is 11.1 Å². The van der Waals surface area contributed by atoms with Crippen molar-refractivity contribution in [3.8, 4) is 5.75 Å². The summed E-state index contributed by atoms with van der Waals surface area (Å²) in [6.07, 6.45) is 5.95. The van der Waals surface area contributed by atoms with E-state index in [1.807, 2.05) is 67.9 Å². The predicted molar refractivity (Wildman–Crippen MR) is 129 cm³/mol. The van der Waals surface area contributed by atoms with Crippen LogP contribution in [0.3, 0.4) is 0 Å². The van der Waals surface area contributed by atoms with Crippen LogP contribution >= 0.6 is 0 Å². The highest BCUT2D eigenvalue weighted by Crippen LogP contribution is 2.40. The van der Waals surface area contributed by atoms with Gasteiger partial charge in [0.1, 0.15) is 11.5 Å². The van der Waals surface area contributed by atoms with E-state index in [1.165, 1.54) is 0 Å². The Morgan fingerprint density at radius 2 is 1.76 bits per heavy atom. The van der Waals surface area contributed by atoms with Crippen molar-refractivity contribution in [1.82, 2.24) is 14.5 Å². The Morgan fingerprint density at radius 1 is 1.06 bits per heavy atom. The van der Waals surface area contributed by atoms with E-state index in [0.29, 0.717) is 30.8 Å². The molecule has 0 radical (unpaired) electrons. The highest BCUT2D eigenvalue weighted by atomic mass is 16.5. The fourth-order valence-electron chi connectivity index (χ4n) is 4.17. The predicted octanol–water partition coefficient (Wildman–Crippen LogP) is 4.49. The summed E-state index contributed by atoms with van der Waals surface area (Å²) < 4.78 is 7.67. The molecule has 7 heteroatoms. The van der Waals surface area contributed by atoms with Gasteiger partial charge in [0.2, 0.25) is 0 Å². The summed E-state index contributed by atoms with van der Waals surface area (Å²) in [6, 6.07) is 13.9. The van der Waals surface area contributed by atoms with Gasteiger partial charge in [-0.15, -0.1) is 0 Å². The maximum absolute atomic E-state index is 13.1. The number of aliphatic hydroxyl groups excluding tert-OH is 1. The van der Waals surface area contributed by atoms with Crippen molar-refractivity contribution in [3.05, 3.63) is 89.5 Å². The highest BCUT2D eigenvalue weighted by molar-refractivity contribution is 6.46. The van der Waals surface area contributed by atoms with Gasteiger partial charge in [-0.25, -0.2) is 4.98 Å². The number of imidazole rings is 1. The van der Waals surface area contributed by atoms with E-state index in [9.17, 15) is 14.7 Å². The smallest absolute Gasteiger partial charge is 0.295 e. The van der Waals surface area contributed by atoms with Crippen LogP contribution in [0.2, 0.25) is 0 Å². The van der Waals surface area contributed by atoms with Crippen LogP contribution in [0.1, 0.15) is 43.0 Å². The van der Waals surface area contributed by atoms with Crippen LogP contribution in [0.25, 0.3) is 5.76 Å². The largest absolute Gasteiger partial charge is 0.507 e. The summed E-state index contributed by atoms with van der Waals surface area (Å²) in [5, 5.41) is 11.1. The van der Waals surface area contributed by atoms with Crippen molar-refractivity contribution in [3.63, 3.8) is 0 Å². The lowest BCUT2D eigenvalue weighted by Gasteiger charge is -2.25. The first-order valence-corrected chi connectivity index (χ1v) is 11.4. The number of hydrogen-bond acceptors (Lipinski definition) is 5. The molecule has 0 spiro atoms. The number of ether oxygens (including phenoxy) is 1. The zero-order chi connectivity index (χ0) is 24.2. The number of benzene rings is 2. The molecule has 1 aliphatic rings. The number of aliphatic hydroxyl groups is 1. The average molecular weight is 460 g/mol. The second-order valence-corrected chi connectivity index (χ2v) is 8.75. The van der Waals surface area contributed by atoms with Crippen molar-refractivity contribution < 1.29 is 19.4 Å². The Morgan fingerprint density at radius 3 is 2.38 bits per heavy atom. The van der Waals surface area contributed by atoms with Gasteiger partial charge in [0.25, 0.3) is 11.7 Å². The first-order valence-electron chi connectivity index (χ1n) is 11.4. The maximum Gasteiger partial charge on any atom is 0.295 e. The summed E-state index contributed by atoms with van der Waals surface area (Å²) in [5.74, 6) is -0.739. The molecule has 1 fully saturated rings. The lowest BCUT2D eigenvalue weighted by Crippen LogP contribution is -2.31. The van der Waals surface area contributed by atoms with Crippen molar-refractivity contribution in [2.45, 2.75) is 45.9 Å². The number of amides is 1. The van der Waals surface area contributed by atoms with E-state index in [2.05, 4.69) is 4.98 Å². The number of ketones is 1. The first kappa shape index (κ1) is 23.3. The zero-order valence-electron chi connectivity index (χ0n) is 19.6. The molecule has 176 valence electrons. The van der Waals surface area contributed by atoms with Crippen molar-refractivity contribution >= 4 is 17.4 Å². The third-order valence-corrected chi connectivity index (χ3v) is 5.81. The Balaban J connectivity index is 1.71. The second kappa shape index (κ2) is 9.95. The Bertz CT molecular complexity index is 1180. The van der Waals surface area contributed by atoms with Crippen LogP contribution in [0.5, 0.6) is 5.75 Å².